The molecule has 4 nitrogen and oxygen atoms in total. The van der Waals surface area contributed by atoms with Crippen molar-refractivity contribution in [1.29, 1.82) is 0 Å². The Hall–Kier alpha value is -1.07. The Bertz CT molecular complexity index is 393. The third-order valence-electron chi connectivity index (χ3n) is 2.25. The summed E-state index contributed by atoms with van der Waals surface area (Å²) in [6, 6.07) is 5.97. The molecule has 4 N–H and O–H groups in total. The molecular formula is C12H18BrN3O. The fourth-order valence-electron chi connectivity index (χ4n) is 1.48. The van der Waals surface area contributed by atoms with Crippen LogP contribution in [0.4, 0.5) is 5.69 Å². The zero-order valence-corrected chi connectivity index (χ0v) is 11.7. The quantitative estimate of drug-likeness (QED) is 0.704. The standard InChI is InChI=1S/C12H18BrN3O/c1-8(2)15-6-7-16-10-5-3-4-9(13)11(10)12(14)17/h3-5,8,15-16H,6-7H2,1-2H3,(H2,14,17). The van der Waals surface area contributed by atoms with Gasteiger partial charge in [0.05, 0.1) is 5.56 Å². The molecule has 0 fully saturated rings. The summed E-state index contributed by atoms with van der Waals surface area (Å²) < 4.78 is 0.715. The molecule has 1 rings (SSSR count). The molecule has 5 heteroatoms. The van der Waals surface area contributed by atoms with Crippen molar-refractivity contribution in [3.63, 3.8) is 0 Å². The van der Waals surface area contributed by atoms with Crippen LogP contribution < -0.4 is 16.4 Å². The van der Waals surface area contributed by atoms with Gasteiger partial charge in [-0.2, -0.15) is 0 Å². The van der Waals surface area contributed by atoms with E-state index in [9.17, 15) is 4.79 Å². The first-order chi connectivity index (χ1) is 8.02. The van der Waals surface area contributed by atoms with E-state index >= 15 is 0 Å². The van der Waals surface area contributed by atoms with E-state index in [1.165, 1.54) is 0 Å². The van der Waals surface area contributed by atoms with Gasteiger partial charge in [0.15, 0.2) is 0 Å². The lowest BCUT2D eigenvalue weighted by Crippen LogP contribution is -2.28. The lowest BCUT2D eigenvalue weighted by molar-refractivity contribution is 0.100. The second kappa shape index (κ2) is 6.61. The number of carbonyl (C=O) groups is 1. The summed E-state index contributed by atoms with van der Waals surface area (Å²) >= 11 is 3.32. The van der Waals surface area contributed by atoms with Crippen molar-refractivity contribution in [3.05, 3.63) is 28.2 Å². The van der Waals surface area contributed by atoms with E-state index in [0.717, 1.165) is 18.8 Å². The Labute approximate surface area is 110 Å². The van der Waals surface area contributed by atoms with Gasteiger partial charge in [-0.1, -0.05) is 19.9 Å². The highest BCUT2D eigenvalue weighted by molar-refractivity contribution is 9.10. The fourth-order valence-corrected chi connectivity index (χ4v) is 2.04. The lowest BCUT2D eigenvalue weighted by atomic mass is 10.1. The summed E-state index contributed by atoms with van der Waals surface area (Å²) in [5, 5.41) is 6.49. The van der Waals surface area contributed by atoms with Crippen LogP contribution >= 0.6 is 15.9 Å². The first-order valence-corrected chi connectivity index (χ1v) is 6.37. The zero-order chi connectivity index (χ0) is 12.8. The average molecular weight is 300 g/mol. The normalized spacial score (nSPS) is 10.6. The Kier molecular flexibility index (Phi) is 5.44. The zero-order valence-electron chi connectivity index (χ0n) is 10.1. The molecule has 0 aliphatic heterocycles. The number of benzene rings is 1. The van der Waals surface area contributed by atoms with Crippen LogP contribution in [0.15, 0.2) is 22.7 Å². The highest BCUT2D eigenvalue weighted by Crippen LogP contribution is 2.23. The number of anilines is 1. The van der Waals surface area contributed by atoms with E-state index in [-0.39, 0.29) is 0 Å². The van der Waals surface area contributed by atoms with E-state index in [2.05, 4.69) is 40.4 Å². The molecule has 0 saturated heterocycles. The molecule has 0 aromatic heterocycles. The summed E-state index contributed by atoms with van der Waals surface area (Å²) in [5.41, 5.74) is 6.60. The van der Waals surface area contributed by atoms with Gasteiger partial charge in [0, 0.05) is 29.3 Å². The van der Waals surface area contributed by atoms with Crippen LogP contribution in [0.2, 0.25) is 0 Å². The second-order valence-electron chi connectivity index (χ2n) is 4.06. The van der Waals surface area contributed by atoms with Crippen molar-refractivity contribution < 1.29 is 4.79 Å². The van der Waals surface area contributed by atoms with Gasteiger partial charge in [-0.15, -0.1) is 0 Å². The number of primary amides is 1. The van der Waals surface area contributed by atoms with Crippen molar-refractivity contribution >= 4 is 27.5 Å². The molecule has 94 valence electrons. The van der Waals surface area contributed by atoms with Crippen LogP contribution in [0.1, 0.15) is 24.2 Å². The molecule has 1 aromatic rings. The number of halogens is 1. The van der Waals surface area contributed by atoms with Crippen LogP contribution in [-0.4, -0.2) is 25.0 Å². The molecule has 0 saturated carbocycles. The fraction of sp³-hybridized carbons (Fsp3) is 0.417. The summed E-state index contributed by atoms with van der Waals surface area (Å²) in [7, 11) is 0. The second-order valence-corrected chi connectivity index (χ2v) is 4.92. The van der Waals surface area contributed by atoms with Crippen LogP contribution in [0.3, 0.4) is 0 Å². The van der Waals surface area contributed by atoms with Gasteiger partial charge in [0.2, 0.25) is 0 Å². The number of hydrogen-bond acceptors (Lipinski definition) is 3. The number of hydrogen-bond donors (Lipinski definition) is 3. The van der Waals surface area contributed by atoms with Gasteiger partial charge in [-0.05, 0) is 28.1 Å². The Morgan fingerprint density at radius 1 is 1.41 bits per heavy atom. The summed E-state index contributed by atoms with van der Waals surface area (Å²) in [4.78, 5) is 11.3. The van der Waals surface area contributed by atoms with Gasteiger partial charge >= 0.3 is 0 Å². The van der Waals surface area contributed by atoms with Crippen molar-refractivity contribution in [3.8, 4) is 0 Å². The van der Waals surface area contributed by atoms with Crippen LogP contribution in [-0.2, 0) is 0 Å². The predicted octanol–water partition coefficient (Wildman–Crippen LogP) is 1.96. The molecule has 0 unspecified atom stereocenters. The topological polar surface area (TPSA) is 67.2 Å². The maximum Gasteiger partial charge on any atom is 0.251 e. The molecule has 1 aromatic carbocycles. The number of carbonyl (C=O) groups excluding carboxylic acids is 1. The van der Waals surface area contributed by atoms with Crippen LogP contribution in [0.5, 0.6) is 0 Å². The molecule has 0 atom stereocenters. The molecule has 1 amide bonds. The molecule has 0 aliphatic rings. The van der Waals surface area contributed by atoms with Crippen molar-refractivity contribution in [2.24, 2.45) is 5.73 Å². The lowest BCUT2D eigenvalue weighted by Gasteiger charge is -2.13. The minimum Gasteiger partial charge on any atom is -0.383 e. The first kappa shape index (κ1) is 14.0. The third kappa shape index (κ3) is 4.36. The van der Waals surface area contributed by atoms with Crippen molar-refractivity contribution in [1.82, 2.24) is 5.32 Å². The number of nitrogens with one attached hydrogen (secondary N) is 2. The van der Waals surface area contributed by atoms with E-state index in [1.807, 2.05) is 12.1 Å². The van der Waals surface area contributed by atoms with Crippen molar-refractivity contribution in [2.75, 3.05) is 18.4 Å². The van der Waals surface area contributed by atoms with E-state index in [4.69, 9.17) is 5.73 Å². The number of nitrogens with two attached hydrogens (primary N) is 1. The highest BCUT2D eigenvalue weighted by atomic mass is 79.9. The molecule has 0 heterocycles. The Morgan fingerprint density at radius 2 is 2.12 bits per heavy atom. The number of amides is 1. The molecule has 0 bridgehead atoms. The summed E-state index contributed by atoms with van der Waals surface area (Å²) in [6.45, 7) is 5.76. The molecule has 17 heavy (non-hydrogen) atoms. The monoisotopic (exact) mass is 299 g/mol. The highest BCUT2D eigenvalue weighted by Gasteiger charge is 2.11. The smallest absolute Gasteiger partial charge is 0.251 e. The van der Waals surface area contributed by atoms with Crippen molar-refractivity contribution in [2.45, 2.75) is 19.9 Å². The minimum atomic E-state index is -0.434. The molecule has 0 spiro atoms. The molecule has 0 aliphatic carbocycles. The van der Waals surface area contributed by atoms with Crippen LogP contribution in [0, 0.1) is 0 Å². The van der Waals surface area contributed by atoms with E-state index in [1.54, 1.807) is 6.07 Å². The molecule has 0 radical (unpaired) electrons. The van der Waals surface area contributed by atoms with Gasteiger partial charge in [0.25, 0.3) is 5.91 Å². The maximum absolute atomic E-state index is 11.3. The molecular weight excluding hydrogens is 282 g/mol. The Morgan fingerprint density at radius 3 is 2.71 bits per heavy atom. The SMILES string of the molecule is CC(C)NCCNc1cccc(Br)c1C(N)=O. The van der Waals surface area contributed by atoms with E-state index < -0.39 is 5.91 Å². The van der Waals surface area contributed by atoms with Gasteiger partial charge < -0.3 is 16.4 Å². The minimum absolute atomic E-state index is 0.434. The first-order valence-electron chi connectivity index (χ1n) is 5.58. The van der Waals surface area contributed by atoms with Crippen LogP contribution in [0.25, 0.3) is 0 Å². The third-order valence-corrected chi connectivity index (χ3v) is 2.91. The van der Waals surface area contributed by atoms with Gasteiger partial charge in [-0.25, -0.2) is 0 Å². The predicted molar refractivity (Wildman–Crippen MR) is 74.3 cm³/mol. The average Bonchev–Trinajstić information content (AvgIpc) is 2.23. The summed E-state index contributed by atoms with van der Waals surface area (Å²) in [6.07, 6.45) is 0. The number of rotatable bonds is 6. The van der Waals surface area contributed by atoms with E-state index in [0.29, 0.717) is 16.1 Å². The van der Waals surface area contributed by atoms with Gasteiger partial charge in [-0.3, -0.25) is 4.79 Å². The Balaban J connectivity index is 2.64. The van der Waals surface area contributed by atoms with Gasteiger partial charge in [0.1, 0.15) is 0 Å². The summed E-state index contributed by atoms with van der Waals surface area (Å²) in [5.74, 6) is -0.434. The maximum atomic E-state index is 11.3. The largest absolute Gasteiger partial charge is 0.383 e.